The summed E-state index contributed by atoms with van der Waals surface area (Å²) in [4.78, 5) is 0.233. The van der Waals surface area contributed by atoms with Crippen LogP contribution < -0.4 is 4.74 Å². The van der Waals surface area contributed by atoms with E-state index < -0.39 is 9.84 Å². The summed E-state index contributed by atoms with van der Waals surface area (Å²) in [5, 5.41) is 6.61. The van der Waals surface area contributed by atoms with E-state index in [2.05, 4.69) is 10.2 Å². The van der Waals surface area contributed by atoms with Crippen LogP contribution in [0.3, 0.4) is 0 Å². The average Bonchev–Trinajstić information content (AvgIpc) is 3.06. The Hall–Kier alpha value is -2.60. The van der Waals surface area contributed by atoms with E-state index in [1.54, 1.807) is 43.5 Å². The Morgan fingerprint density at radius 1 is 1.09 bits per heavy atom. The van der Waals surface area contributed by atoms with Crippen LogP contribution in [0, 0.1) is 6.92 Å². The van der Waals surface area contributed by atoms with E-state index in [9.17, 15) is 8.42 Å². The topological polar surface area (TPSA) is 72.0 Å². The molecule has 0 amide bonds. The molecule has 3 rings (SSSR count). The molecule has 0 aliphatic rings. The zero-order valence-electron chi connectivity index (χ0n) is 12.8. The molecular weight excluding hydrogens is 312 g/mol. The van der Waals surface area contributed by atoms with Crippen molar-refractivity contribution in [2.45, 2.75) is 16.8 Å². The van der Waals surface area contributed by atoms with Crippen LogP contribution in [-0.2, 0) is 9.84 Å². The summed E-state index contributed by atoms with van der Waals surface area (Å²) in [7, 11) is -2.10. The lowest BCUT2D eigenvalue weighted by Crippen LogP contribution is -2.04. The first-order valence-corrected chi connectivity index (χ1v) is 8.50. The third-order valence-corrected chi connectivity index (χ3v) is 5.33. The molecule has 1 heterocycles. The van der Waals surface area contributed by atoms with Gasteiger partial charge < -0.3 is 4.74 Å². The number of hydrogen-bond acceptors (Lipinski definition) is 4. The molecule has 0 bridgehead atoms. The number of H-pyrrole nitrogens is 1. The van der Waals surface area contributed by atoms with E-state index in [1.807, 2.05) is 19.1 Å². The van der Waals surface area contributed by atoms with Crippen molar-refractivity contribution in [1.29, 1.82) is 0 Å². The van der Waals surface area contributed by atoms with Crippen LogP contribution >= 0.6 is 0 Å². The Balaban J connectivity index is 2.11. The van der Waals surface area contributed by atoms with E-state index >= 15 is 0 Å². The van der Waals surface area contributed by atoms with Crippen molar-refractivity contribution >= 4 is 9.84 Å². The second-order valence-electron chi connectivity index (χ2n) is 5.16. The molecule has 23 heavy (non-hydrogen) atoms. The predicted molar refractivity (Wildman–Crippen MR) is 87.2 cm³/mol. The lowest BCUT2D eigenvalue weighted by Gasteiger charge is -2.07. The number of benzene rings is 2. The largest absolute Gasteiger partial charge is 0.497 e. The maximum Gasteiger partial charge on any atom is 0.223 e. The van der Waals surface area contributed by atoms with Crippen LogP contribution in [0.4, 0.5) is 0 Å². The van der Waals surface area contributed by atoms with Crippen LogP contribution in [0.25, 0.3) is 11.1 Å². The lowest BCUT2D eigenvalue weighted by atomic mass is 10.1. The molecule has 5 nitrogen and oxygen atoms in total. The number of aromatic nitrogens is 2. The fourth-order valence-electron chi connectivity index (χ4n) is 2.31. The number of sulfone groups is 1. The fraction of sp³-hybridized carbons (Fsp3) is 0.118. The quantitative estimate of drug-likeness (QED) is 0.798. The smallest absolute Gasteiger partial charge is 0.223 e. The zero-order valence-corrected chi connectivity index (χ0v) is 13.6. The number of aromatic amines is 1. The minimum Gasteiger partial charge on any atom is -0.497 e. The maximum absolute atomic E-state index is 12.9. The standard InChI is InChI=1S/C17H16N2O3S/c1-12-6-8-15(9-7-12)23(20,21)17-16(11-18-19-17)13-4-3-5-14(10-13)22-2/h3-11H,1-2H3,(H,18,19). The number of hydrogen-bond donors (Lipinski definition) is 1. The van der Waals surface area contributed by atoms with E-state index in [0.29, 0.717) is 11.3 Å². The third-order valence-electron chi connectivity index (χ3n) is 3.59. The highest BCUT2D eigenvalue weighted by molar-refractivity contribution is 7.91. The number of ether oxygens (including phenoxy) is 1. The molecule has 3 aromatic rings. The Morgan fingerprint density at radius 3 is 2.52 bits per heavy atom. The summed E-state index contributed by atoms with van der Waals surface area (Å²) in [6, 6.07) is 14.0. The van der Waals surface area contributed by atoms with Crippen molar-refractivity contribution in [2.24, 2.45) is 0 Å². The molecule has 6 heteroatoms. The van der Waals surface area contributed by atoms with Gasteiger partial charge in [0.25, 0.3) is 0 Å². The number of rotatable bonds is 4. The van der Waals surface area contributed by atoms with Gasteiger partial charge in [-0.3, -0.25) is 5.10 Å². The number of methoxy groups -OCH3 is 1. The molecule has 0 saturated carbocycles. The molecule has 0 unspecified atom stereocenters. The highest BCUT2D eigenvalue weighted by Crippen LogP contribution is 2.31. The number of aryl methyl sites for hydroxylation is 1. The Labute approximate surface area is 134 Å². The normalized spacial score (nSPS) is 11.4. The Kier molecular flexibility index (Phi) is 3.92. The molecule has 0 radical (unpaired) electrons. The van der Waals surface area contributed by atoms with Gasteiger partial charge in [0, 0.05) is 5.56 Å². The van der Waals surface area contributed by atoms with Crippen molar-refractivity contribution in [3.8, 4) is 16.9 Å². The molecular formula is C17H16N2O3S. The van der Waals surface area contributed by atoms with Gasteiger partial charge in [0.1, 0.15) is 5.75 Å². The van der Waals surface area contributed by atoms with Gasteiger partial charge in [-0.2, -0.15) is 5.10 Å². The van der Waals surface area contributed by atoms with Crippen molar-refractivity contribution in [3.05, 3.63) is 60.3 Å². The van der Waals surface area contributed by atoms with Crippen molar-refractivity contribution in [2.75, 3.05) is 7.11 Å². The molecule has 1 N–H and O–H groups in total. The molecule has 2 aromatic carbocycles. The Morgan fingerprint density at radius 2 is 1.83 bits per heavy atom. The summed E-state index contributed by atoms with van der Waals surface area (Å²) >= 11 is 0. The highest BCUT2D eigenvalue weighted by atomic mass is 32.2. The van der Waals surface area contributed by atoms with Crippen molar-refractivity contribution in [3.63, 3.8) is 0 Å². The first-order valence-electron chi connectivity index (χ1n) is 7.02. The summed E-state index contributed by atoms with van der Waals surface area (Å²) in [6.07, 6.45) is 1.51. The van der Waals surface area contributed by atoms with Crippen LogP contribution in [-0.4, -0.2) is 25.7 Å². The molecule has 0 fully saturated rings. The summed E-state index contributed by atoms with van der Waals surface area (Å²) in [6.45, 7) is 1.91. The van der Waals surface area contributed by atoms with Crippen molar-refractivity contribution < 1.29 is 13.2 Å². The molecule has 0 saturated heterocycles. The molecule has 0 spiro atoms. The number of nitrogens with one attached hydrogen (secondary N) is 1. The van der Waals surface area contributed by atoms with Gasteiger partial charge in [-0.25, -0.2) is 8.42 Å². The summed E-state index contributed by atoms with van der Waals surface area (Å²) < 4.78 is 30.9. The highest BCUT2D eigenvalue weighted by Gasteiger charge is 2.24. The second-order valence-corrected chi connectivity index (χ2v) is 7.05. The second kappa shape index (κ2) is 5.89. The van der Waals surface area contributed by atoms with Crippen LogP contribution in [0.2, 0.25) is 0 Å². The molecule has 1 aromatic heterocycles. The van der Waals surface area contributed by atoms with Crippen LogP contribution in [0.5, 0.6) is 5.75 Å². The Bertz CT molecular complexity index is 928. The van der Waals surface area contributed by atoms with Gasteiger partial charge in [0.15, 0.2) is 5.03 Å². The average molecular weight is 328 g/mol. The summed E-state index contributed by atoms with van der Waals surface area (Å²) in [5.41, 5.74) is 2.25. The maximum atomic E-state index is 12.9. The molecule has 118 valence electrons. The van der Waals surface area contributed by atoms with E-state index in [4.69, 9.17) is 4.74 Å². The molecule has 0 aliphatic carbocycles. The zero-order chi connectivity index (χ0) is 16.4. The SMILES string of the molecule is COc1cccc(-c2cn[nH]c2S(=O)(=O)c2ccc(C)cc2)c1. The van der Waals surface area contributed by atoms with Gasteiger partial charge in [-0.05, 0) is 36.8 Å². The van der Waals surface area contributed by atoms with Crippen LogP contribution in [0.1, 0.15) is 5.56 Å². The number of nitrogens with zero attached hydrogens (tertiary/aromatic N) is 1. The fourth-order valence-corrected chi connectivity index (χ4v) is 3.67. The van der Waals surface area contributed by atoms with Crippen molar-refractivity contribution in [1.82, 2.24) is 10.2 Å². The van der Waals surface area contributed by atoms with E-state index in [-0.39, 0.29) is 9.92 Å². The van der Waals surface area contributed by atoms with E-state index in [1.165, 1.54) is 6.20 Å². The van der Waals surface area contributed by atoms with Gasteiger partial charge in [-0.1, -0.05) is 29.8 Å². The monoisotopic (exact) mass is 328 g/mol. The van der Waals surface area contributed by atoms with E-state index in [0.717, 1.165) is 11.1 Å². The predicted octanol–water partition coefficient (Wildman–Crippen LogP) is 3.23. The minimum absolute atomic E-state index is 0.0783. The third kappa shape index (κ3) is 2.85. The van der Waals surface area contributed by atoms with Gasteiger partial charge in [-0.15, -0.1) is 0 Å². The molecule has 0 aliphatic heterocycles. The first-order chi connectivity index (χ1) is 11.0. The van der Waals surface area contributed by atoms with Crippen LogP contribution in [0.15, 0.2) is 64.6 Å². The van der Waals surface area contributed by atoms with Gasteiger partial charge in [0.2, 0.25) is 9.84 Å². The molecule has 0 atom stereocenters. The first kappa shape index (κ1) is 15.3. The minimum atomic E-state index is -3.67. The van der Waals surface area contributed by atoms with Gasteiger partial charge >= 0.3 is 0 Å². The summed E-state index contributed by atoms with van der Waals surface area (Å²) in [5.74, 6) is 0.655. The van der Waals surface area contributed by atoms with Gasteiger partial charge in [0.05, 0.1) is 18.2 Å². The lowest BCUT2D eigenvalue weighted by molar-refractivity contribution is 0.415.